The Kier molecular flexibility index (Phi) is 1.26. The van der Waals surface area contributed by atoms with Crippen LogP contribution in [0.15, 0.2) is 22.7 Å². The molecule has 0 atom stereocenters. The number of aromatic nitrogens is 1. The van der Waals surface area contributed by atoms with E-state index in [1.165, 1.54) is 0 Å². The third kappa shape index (κ3) is 0.851. The van der Waals surface area contributed by atoms with Gasteiger partial charge in [-0.15, -0.1) is 0 Å². The van der Waals surface area contributed by atoms with Crippen LogP contribution in [0.1, 0.15) is 0 Å². The Bertz CT molecular complexity index is 396. The highest BCUT2D eigenvalue weighted by molar-refractivity contribution is 6.36. The molecule has 56 valence electrons. The predicted octanol–water partition coefficient (Wildman–Crippen LogP) is 2.06. The first-order valence-corrected chi connectivity index (χ1v) is 3.46. The van der Waals surface area contributed by atoms with E-state index in [-0.39, 0.29) is 5.88 Å². The Morgan fingerprint density at radius 3 is 3.00 bits per heavy atom. The van der Waals surface area contributed by atoms with Gasteiger partial charge in [-0.3, -0.25) is 0 Å². The molecule has 1 heterocycles. The molecule has 0 aliphatic rings. The van der Waals surface area contributed by atoms with Gasteiger partial charge >= 0.3 is 0 Å². The number of anilines is 1. The molecule has 1 aromatic heterocycles. The molecule has 2 N–H and O–H groups in total. The lowest BCUT2D eigenvalue weighted by Crippen LogP contribution is -1.80. The summed E-state index contributed by atoms with van der Waals surface area (Å²) in [4.78, 5) is 0. The van der Waals surface area contributed by atoms with Crippen molar-refractivity contribution >= 4 is 28.4 Å². The number of nitrogens with two attached hydrogens (primary N) is 1. The lowest BCUT2D eigenvalue weighted by atomic mass is 10.2. The van der Waals surface area contributed by atoms with Crippen molar-refractivity contribution in [1.29, 1.82) is 0 Å². The maximum Gasteiger partial charge on any atom is 0.231 e. The molecule has 0 bridgehead atoms. The number of nitrogens with zero attached hydrogens (tertiary/aromatic N) is 1. The Labute approximate surface area is 67.7 Å². The summed E-state index contributed by atoms with van der Waals surface area (Å²) in [5, 5.41) is 4.95. The molecule has 3 nitrogen and oxygen atoms in total. The Balaban J connectivity index is 2.96. The van der Waals surface area contributed by atoms with Gasteiger partial charge in [-0.1, -0.05) is 22.8 Å². The number of benzene rings is 1. The molecule has 2 aromatic rings. The van der Waals surface area contributed by atoms with Gasteiger partial charge in [0.25, 0.3) is 0 Å². The summed E-state index contributed by atoms with van der Waals surface area (Å²) in [5.41, 5.74) is 6.15. The van der Waals surface area contributed by atoms with Gasteiger partial charge in [0.05, 0.1) is 10.4 Å². The summed E-state index contributed by atoms with van der Waals surface area (Å²) in [6.45, 7) is 0. The maximum atomic E-state index is 5.82. The predicted molar refractivity (Wildman–Crippen MR) is 43.4 cm³/mol. The van der Waals surface area contributed by atoms with Crippen molar-refractivity contribution in [2.24, 2.45) is 0 Å². The maximum absolute atomic E-state index is 5.82. The first-order valence-electron chi connectivity index (χ1n) is 3.08. The molecular weight excluding hydrogens is 164 g/mol. The lowest BCUT2D eigenvalue weighted by molar-refractivity contribution is 0.445. The summed E-state index contributed by atoms with van der Waals surface area (Å²) in [7, 11) is 0. The highest BCUT2D eigenvalue weighted by atomic mass is 35.5. The fraction of sp³-hybridized carbons (Fsp3) is 0. The van der Waals surface area contributed by atoms with E-state index >= 15 is 0 Å². The van der Waals surface area contributed by atoms with Gasteiger partial charge in [-0.25, -0.2) is 0 Å². The van der Waals surface area contributed by atoms with E-state index < -0.39 is 0 Å². The quantitative estimate of drug-likeness (QED) is 0.655. The highest BCUT2D eigenvalue weighted by Gasteiger charge is 2.06. The van der Waals surface area contributed by atoms with Crippen LogP contribution in [0.5, 0.6) is 0 Å². The SMILES string of the molecule is Nc1onc2cccc(Cl)c12. The number of fused-ring (bicyclic) bond motifs is 1. The highest BCUT2D eigenvalue weighted by Crippen LogP contribution is 2.27. The van der Waals surface area contributed by atoms with Crippen LogP contribution in [0, 0.1) is 0 Å². The Morgan fingerprint density at radius 1 is 1.45 bits per heavy atom. The lowest BCUT2D eigenvalue weighted by Gasteiger charge is -1.89. The Hall–Kier alpha value is -1.22. The van der Waals surface area contributed by atoms with Gasteiger partial charge in [-0.05, 0) is 12.1 Å². The monoisotopic (exact) mass is 168 g/mol. The molecule has 0 saturated heterocycles. The molecule has 2 rings (SSSR count). The van der Waals surface area contributed by atoms with Crippen LogP contribution in [0.25, 0.3) is 10.9 Å². The molecular formula is C7H5ClN2O. The van der Waals surface area contributed by atoms with Gasteiger partial charge in [0.1, 0.15) is 5.52 Å². The van der Waals surface area contributed by atoms with E-state index in [9.17, 15) is 0 Å². The van der Waals surface area contributed by atoms with Crippen LogP contribution >= 0.6 is 11.6 Å². The van der Waals surface area contributed by atoms with Crippen molar-refractivity contribution in [2.45, 2.75) is 0 Å². The van der Waals surface area contributed by atoms with E-state index in [1.54, 1.807) is 18.2 Å². The molecule has 1 aromatic carbocycles. The van der Waals surface area contributed by atoms with Gasteiger partial charge in [0.2, 0.25) is 5.88 Å². The van der Waals surface area contributed by atoms with E-state index in [1.807, 2.05) is 0 Å². The zero-order chi connectivity index (χ0) is 7.84. The Morgan fingerprint density at radius 2 is 2.27 bits per heavy atom. The molecule has 0 fully saturated rings. The first-order chi connectivity index (χ1) is 5.29. The second kappa shape index (κ2) is 2.13. The second-order valence-corrected chi connectivity index (χ2v) is 2.59. The van der Waals surface area contributed by atoms with E-state index in [4.69, 9.17) is 21.9 Å². The van der Waals surface area contributed by atoms with Crippen LogP contribution in [-0.2, 0) is 0 Å². The fourth-order valence-corrected chi connectivity index (χ4v) is 1.24. The van der Waals surface area contributed by atoms with E-state index in [0.717, 1.165) is 0 Å². The third-order valence-corrected chi connectivity index (χ3v) is 1.80. The molecule has 0 saturated carbocycles. The van der Waals surface area contributed by atoms with Crippen LogP contribution in [-0.4, -0.2) is 5.16 Å². The van der Waals surface area contributed by atoms with Crippen molar-refractivity contribution in [3.8, 4) is 0 Å². The van der Waals surface area contributed by atoms with E-state index in [0.29, 0.717) is 15.9 Å². The molecule has 4 heteroatoms. The molecule has 0 radical (unpaired) electrons. The van der Waals surface area contributed by atoms with Crippen LogP contribution in [0.2, 0.25) is 5.02 Å². The number of nitrogen functional groups attached to an aromatic ring is 1. The molecule has 0 amide bonds. The summed E-state index contributed by atoms with van der Waals surface area (Å²) in [6.07, 6.45) is 0. The van der Waals surface area contributed by atoms with Crippen molar-refractivity contribution in [1.82, 2.24) is 5.16 Å². The standard InChI is InChI=1S/C7H5ClN2O/c8-4-2-1-3-5-6(4)7(9)11-10-5/h1-3H,9H2. The number of halogens is 1. The molecule has 0 aliphatic heterocycles. The average molecular weight is 169 g/mol. The topological polar surface area (TPSA) is 52.0 Å². The molecule has 0 unspecified atom stereocenters. The van der Waals surface area contributed by atoms with E-state index in [2.05, 4.69) is 5.16 Å². The molecule has 0 aliphatic carbocycles. The molecule has 0 spiro atoms. The van der Waals surface area contributed by atoms with Crippen LogP contribution < -0.4 is 5.73 Å². The van der Waals surface area contributed by atoms with Crippen molar-refractivity contribution < 1.29 is 4.52 Å². The molecule has 11 heavy (non-hydrogen) atoms. The fourth-order valence-electron chi connectivity index (χ4n) is 0.977. The van der Waals surface area contributed by atoms with Crippen LogP contribution in [0.4, 0.5) is 5.88 Å². The minimum Gasteiger partial charge on any atom is -0.367 e. The largest absolute Gasteiger partial charge is 0.367 e. The number of hydrogen-bond donors (Lipinski definition) is 1. The minimum atomic E-state index is 0.269. The zero-order valence-corrected chi connectivity index (χ0v) is 6.30. The van der Waals surface area contributed by atoms with Crippen LogP contribution in [0.3, 0.4) is 0 Å². The zero-order valence-electron chi connectivity index (χ0n) is 5.54. The second-order valence-electron chi connectivity index (χ2n) is 2.18. The smallest absolute Gasteiger partial charge is 0.231 e. The first kappa shape index (κ1) is 6.49. The summed E-state index contributed by atoms with van der Waals surface area (Å²) in [6, 6.07) is 5.34. The average Bonchev–Trinajstić information content (AvgIpc) is 2.34. The number of rotatable bonds is 0. The summed E-state index contributed by atoms with van der Waals surface area (Å²) < 4.78 is 4.74. The van der Waals surface area contributed by atoms with Gasteiger partial charge < -0.3 is 10.3 Å². The van der Waals surface area contributed by atoms with Crippen molar-refractivity contribution in [3.63, 3.8) is 0 Å². The van der Waals surface area contributed by atoms with Gasteiger partial charge in [0, 0.05) is 0 Å². The number of hydrogen-bond acceptors (Lipinski definition) is 3. The van der Waals surface area contributed by atoms with Gasteiger partial charge in [0.15, 0.2) is 0 Å². The minimum absolute atomic E-state index is 0.269. The van der Waals surface area contributed by atoms with Crippen molar-refractivity contribution in [3.05, 3.63) is 23.2 Å². The third-order valence-electron chi connectivity index (χ3n) is 1.48. The normalized spacial score (nSPS) is 10.6. The summed E-state index contributed by atoms with van der Waals surface area (Å²) in [5.74, 6) is 0.269. The van der Waals surface area contributed by atoms with Gasteiger partial charge in [-0.2, -0.15) is 0 Å². The summed E-state index contributed by atoms with van der Waals surface area (Å²) >= 11 is 5.82. The van der Waals surface area contributed by atoms with Crippen molar-refractivity contribution in [2.75, 3.05) is 5.73 Å².